The Labute approximate surface area is 114 Å². The van der Waals surface area contributed by atoms with Crippen molar-refractivity contribution < 1.29 is 9.13 Å². The van der Waals surface area contributed by atoms with Gasteiger partial charge in [-0.15, -0.1) is 0 Å². The van der Waals surface area contributed by atoms with Crippen molar-refractivity contribution in [1.82, 2.24) is 10.2 Å². The highest BCUT2D eigenvalue weighted by Gasteiger charge is 2.28. The van der Waals surface area contributed by atoms with E-state index in [9.17, 15) is 4.39 Å². The van der Waals surface area contributed by atoms with E-state index in [1.54, 1.807) is 6.07 Å². The normalized spacial score (nSPS) is 22.4. The van der Waals surface area contributed by atoms with Crippen molar-refractivity contribution in [3.8, 4) is 0 Å². The summed E-state index contributed by atoms with van der Waals surface area (Å²) in [6.07, 6.45) is 0.0687. The van der Waals surface area contributed by atoms with Gasteiger partial charge >= 0.3 is 0 Å². The fourth-order valence-corrected chi connectivity index (χ4v) is 2.62. The molecule has 0 spiro atoms. The summed E-state index contributed by atoms with van der Waals surface area (Å²) in [5.41, 5.74) is 2.10. The molecule has 2 unspecified atom stereocenters. The van der Waals surface area contributed by atoms with Gasteiger partial charge in [-0.05, 0) is 43.8 Å². The van der Waals surface area contributed by atoms with Gasteiger partial charge in [0, 0.05) is 13.1 Å². The fourth-order valence-electron chi connectivity index (χ4n) is 2.62. The number of rotatable bonds is 4. The lowest BCUT2D eigenvalue weighted by Crippen LogP contribution is -2.46. The molecule has 0 radical (unpaired) electrons. The summed E-state index contributed by atoms with van der Waals surface area (Å²) in [5, 5.41) is 3.44. The van der Waals surface area contributed by atoms with Gasteiger partial charge in [0.25, 0.3) is 0 Å². The molecule has 1 heterocycles. The lowest BCUT2D eigenvalue weighted by molar-refractivity contribution is -0.0391. The zero-order chi connectivity index (χ0) is 13.8. The first-order chi connectivity index (χ1) is 9.11. The summed E-state index contributed by atoms with van der Waals surface area (Å²) < 4.78 is 19.4. The van der Waals surface area contributed by atoms with Crippen molar-refractivity contribution in [2.24, 2.45) is 0 Å². The number of hydrogen-bond acceptors (Lipinski definition) is 3. The van der Waals surface area contributed by atoms with Gasteiger partial charge in [-0.3, -0.25) is 0 Å². The van der Waals surface area contributed by atoms with Crippen molar-refractivity contribution in [2.75, 3.05) is 33.3 Å². The van der Waals surface area contributed by atoms with Crippen LogP contribution < -0.4 is 5.32 Å². The number of benzene rings is 1. The molecule has 4 heteroatoms. The Morgan fingerprint density at radius 2 is 2.32 bits per heavy atom. The third kappa shape index (κ3) is 3.53. The van der Waals surface area contributed by atoms with Gasteiger partial charge in [0.1, 0.15) is 5.82 Å². The largest absolute Gasteiger partial charge is 0.374 e. The lowest BCUT2D eigenvalue weighted by atomic mass is 9.95. The van der Waals surface area contributed by atoms with E-state index in [0.717, 1.165) is 37.4 Å². The van der Waals surface area contributed by atoms with Crippen LogP contribution in [0, 0.1) is 12.7 Å². The van der Waals surface area contributed by atoms with Crippen molar-refractivity contribution in [3.05, 3.63) is 35.1 Å². The molecule has 2 rings (SSSR count). The molecule has 1 aliphatic rings. The number of hydrogen-bond donors (Lipinski definition) is 1. The van der Waals surface area contributed by atoms with Crippen LogP contribution in [-0.4, -0.2) is 44.3 Å². The van der Waals surface area contributed by atoms with Crippen LogP contribution in [0.4, 0.5) is 4.39 Å². The Morgan fingerprint density at radius 1 is 1.53 bits per heavy atom. The minimum absolute atomic E-state index is 0.0449. The molecule has 0 amide bonds. The second kappa shape index (κ2) is 6.46. The Balaban J connectivity index is 2.25. The van der Waals surface area contributed by atoms with E-state index >= 15 is 0 Å². The Morgan fingerprint density at radius 3 is 3.00 bits per heavy atom. The molecule has 1 aromatic rings. The number of nitrogens with zero attached hydrogens (tertiary/aromatic N) is 1. The average Bonchev–Trinajstić information content (AvgIpc) is 2.39. The molecule has 2 atom stereocenters. The molecule has 0 aromatic heterocycles. The molecule has 3 nitrogen and oxygen atoms in total. The van der Waals surface area contributed by atoms with Crippen LogP contribution in [0.2, 0.25) is 0 Å². The van der Waals surface area contributed by atoms with Crippen LogP contribution in [0.25, 0.3) is 0 Å². The first-order valence-corrected chi connectivity index (χ1v) is 6.91. The fraction of sp³-hybridized carbons (Fsp3) is 0.600. The molecule has 0 aliphatic carbocycles. The quantitative estimate of drug-likeness (QED) is 0.903. The number of nitrogens with one attached hydrogen (secondary N) is 1. The summed E-state index contributed by atoms with van der Waals surface area (Å²) in [6, 6.07) is 5.01. The Bertz CT molecular complexity index is 425. The summed E-state index contributed by atoms with van der Waals surface area (Å²) in [6.45, 7) is 7.48. The highest BCUT2D eigenvalue weighted by molar-refractivity contribution is 5.30. The van der Waals surface area contributed by atoms with Crippen molar-refractivity contribution >= 4 is 0 Å². The van der Waals surface area contributed by atoms with Crippen molar-refractivity contribution in [3.63, 3.8) is 0 Å². The molecule has 1 aliphatic heterocycles. The highest BCUT2D eigenvalue weighted by atomic mass is 19.1. The number of halogens is 1. The van der Waals surface area contributed by atoms with Crippen molar-refractivity contribution in [2.45, 2.75) is 26.0 Å². The summed E-state index contributed by atoms with van der Waals surface area (Å²) in [5.74, 6) is -0.187. The maximum absolute atomic E-state index is 13.5. The molecule has 1 aromatic carbocycles. The standard InChI is InChI=1S/C15H23FN2O/c1-4-17-15(14-10-18(3)7-8-19-14)13-9-12(16)6-5-11(13)2/h5-6,9,14-15,17H,4,7-8,10H2,1-3H3. The van der Waals surface area contributed by atoms with Gasteiger partial charge in [-0.25, -0.2) is 4.39 Å². The van der Waals surface area contributed by atoms with E-state index in [1.807, 2.05) is 13.0 Å². The second-order valence-corrected chi connectivity index (χ2v) is 5.21. The zero-order valence-electron chi connectivity index (χ0n) is 11.9. The minimum Gasteiger partial charge on any atom is -0.374 e. The van der Waals surface area contributed by atoms with Gasteiger partial charge in [-0.1, -0.05) is 13.0 Å². The number of ether oxygens (including phenoxy) is 1. The number of morpholine rings is 1. The highest BCUT2D eigenvalue weighted by Crippen LogP contribution is 2.25. The molecule has 1 saturated heterocycles. The van der Waals surface area contributed by atoms with E-state index in [-0.39, 0.29) is 18.0 Å². The second-order valence-electron chi connectivity index (χ2n) is 5.21. The Kier molecular flexibility index (Phi) is 4.91. The predicted molar refractivity (Wildman–Crippen MR) is 74.8 cm³/mol. The lowest BCUT2D eigenvalue weighted by Gasteiger charge is -2.36. The smallest absolute Gasteiger partial charge is 0.123 e. The molecular weight excluding hydrogens is 243 g/mol. The minimum atomic E-state index is -0.187. The summed E-state index contributed by atoms with van der Waals surface area (Å²) in [4.78, 5) is 2.26. The molecule has 1 fully saturated rings. The van der Waals surface area contributed by atoms with Gasteiger partial charge in [0.2, 0.25) is 0 Å². The van der Waals surface area contributed by atoms with E-state index in [0.29, 0.717) is 0 Å². The van der Waals surface area contributed by atoms with Crippen molar-refractivity contribution in [1.29, 1.82) is 0 Å². The summed E-state index contributed by atoms with van der Waals surface area (Å²) >= 11 is 0. The topological polar surface area (TPSA) is 24.5 Å². The van der Waals surface area contributed by atoms with E-state index in [4.69, 9.17) is 4.74 Å². The number of likely N-dealkylation sites (N-methyl/N-ethyl adjacent to an activating group) is 2. The van der Waals surface area contributed by atoms with Gasteiger partial charge < -0.3 is 15.0 Å². The van der Waals surface area contributed by atoms with Gasteiger partial charge in [-0.2, -0.15) is 0 Å². The van der Waals surface area contributed by atoms with Gasteiger partial charge in [0.15, 0.2) is 0 Å². The van der Waals surface area contributed by atoms with E-state index in [2.05, 4.69) is 24.2 Å². The van der Waals surface area contributed by atoms with Crippen LogP contribution in [0.1, 0.15) is 24.1 Å². The average molecular weight is 266 g/mol. The van der Waals surface area contributed by atoms with Crippen LogP contribution in [0.3, 0.4) is 0 Å². The third-order valence-corrected chi connectivity index (χ3v) is 3.67. The molecule has 0 saturated carbocycles. The molecule has 19 heavy (non-hydrogen) atoms. The molecule has 1 N–H and O–H groups in total. The van der Waals surface area contributed by atoms with Crippen LogP contribution >= 0.6 is 0 Å². The molecule has 106 valence electrons. The van der Waals surface area contributed by atoms with Gasteiger partial charge in [0.05, 0.1) is 18.8 Å². The first kappa shape index (κ1) is 14.4. The summed E-state index contributed by atoms with van der Waals surface area (Å²) in [7, 11) is 2.09. The molecular formula is C15H23FN2O. The van der Waals surface area contributed by atoms with Crippen LogP contribution in [0.15, 0.2) is 18.2 Å². The monoisotopic (exact) mass is 266 g/mol. The maximum Gasteiger partial charge on any atom is 0.123 e. The third-order valence-electron chi connectivity index (χ3n) is 3.67. The maximum atomic E-state index is 13.5. The Hall–Kier alpha value is -0.970. The van der Waals surface area contributed by atoms with E-state index < -0.39 is 0 Å². The first-order valence-electron chi connectivity index (χ1n) is 6.91. The van der Waals surface area contributed by atoms with Crippen LogP contribution in [-0.2, 0) is 4.74 Å². The molecule has 0 bridgehead atoms. The van der Waals surface area contributed by atoms with E-state index in [1.165, 1.54) is 6.07 Å². The SMILES string of the molecule is CCNC(c1cc(F)ccc1C)C1CN(C)CCO1. The number of aryl methyl sites for hydroxylation is 1. The van der Waals surface area contributed by atoms with Crippen LogP contribution in [0.5, 0.6) is 0 Å². The zero-order valence-corrected chi connectivity index (χ0v) is 11.9. The predicted octanol–water partition coefficient (Wildman–Crippen LogP) is 2.12.